The van der Waals surface area contributed by atoms with Crippen molar-refractivity contribution in [2.45, 2.75) is 19.4 Å². The van der Waals surface area contributed by atoms with Crippen LogP contribution in [0, 0.1) is 0 Å². The molecule has 0 saturated carbocycles. The molecule has 0 saturated heterocycles. The van der Waals surface area contributed by atoms with Crippen molar-refractivity contribution >= 4 is 12.4 Å². The molecule has 0 spiro atoms. The summed E-state index contributed by atoms with van der Waals surface area (Å²) in [5.74, 6) is 0. The van der Waals surface area contributed by atoms with Gasteiger partial charge in [-0.2, -0.15) is 0 Å². The van der Waals surface area contributed by atoms with Crippen LogP contribution in [0.1, 0.15) is 12.5 Å². The summed E-state index contributed by atoms with van der Waals surface area (Å²) < 4.78 is 0. The molecule has 0 aliphatic heterocycles. The quantitative estimate of drug-likeness (QED) is 0.880. The van der Waals surface area contributed by atoms with Gasteiger partial charge in [0.1, 0.15) is 0 Å². The molecule has 2 aromatic rings. The lowest BCUT2D eigenvalue weighted by atomic mass is 10.0. The molecule has 2 rings (SSSR count). The fraction of sp³-hybridized carbons (Fsp3) is 0.200. The van der Waals surface area contributed by atoms with Crippen LogP contribution in [0.25, 0.3) is 11.1 Å². The lowest BCUT2D eigenvalue weighted by Gasteiger charge is -2.06. The zero-order valence-electron chi connectivity index (χ0n) is 9.97. The molecule has 0 bridgehead atoms. The van der Waals surface area contributed by atoms with Gasteiger partial charge in [0.25, 0.3) is 0 Å². The normalized spacial score (nSPS) is 11.6. The summed E-state index contributed by atoms with van der Waals surface area (Å²) in [6.45, 7) is 2.03. The van der Waals surface area contributed by atoms with E-state index in [4.69, 9.17) is 5.73 Å². The molecule has 2 aromatic carbocycles. The van der Waals surface area contributed by atoms with Gasteiger partial charge in [-0.25, -0.2) is 0 Å². The van der Waals surface area contributed by atoms with Gasteiger partial charge in [0.15, 0.2) is 0 Å². The van der Waals surface area contributed by atoms with Crippen molar-refractivity contribution in [2.75, 3.05) is 0 Å². The third-order valence-corrected chi connectivity index (χ3v) is 2.62. The van der Waals surface area contributed by atoms with Gasteiger partial charge in [-0.15, -0.1) is 12.4 Å². The van der Waals surface area contributed by atoms with Crippen molar-refractivity contribution < 1.29 is 0 Å². The van der Waals surface area contributed by atoms with Crippen LogP contribution in [0.2, 0.25) is 0 Å². The summed E-state index contributed by atoms with van der Waals surface area (Å²) in [5, 5.41) is 0. The minimum atomic E-state index is 0. The minimum Gasteiger partial charge on any atom is -0.328 e. The lowest BCUT2D eigenvalue weighted by molar-refractivity contribution is 0.738. The summed E-state index contributed by atoms with van der Waals surface area (Å²) >= 11 is 0. The Kier molecular flexibility index (Phi) is 5.20. The molecule has 0 fully saturated rings. The van der Waals surface area contributed by atoms with Gasteiger partial charge in [0, 0.05) is 6.04 Å². The van der Waals surface area contributed by atoms with Gasteiger partial charge in [0.05, 0.1) is 0 Å². The third kappa shape index (κ3) is 3.88. The predicted molar refractivity (Wildman–Crippen MR) is 76.5 cm³/mol. The van der Waals surface area contributed by atoms with Crippen LogP contribution in [0.3, 0.4) is 0 Å². The lowest BCUT2D eigenvalue weighted by Crippen LogP contribution is -2.17. The van der Waals surface area contributed by atoms with E-state index in [0.717, 1.165) is 6.42 Å². The summed E-state index contributed by atoms with van der Waals surface area (Å²) in [5.41, 5.74) is 9.59. The van der Waals surface area contributed by atoms with Crippen molar-refractivity contribution in [1.29, 1.82) is 0 Å². The molecule has 0 aliphatic rings. The first-order valence-corrected chi connectivity index (χ1v) is 5.65. The number of hydrogen-bond acceptors (Lipinski definition) is 1. The molecule has 0 heterocycles. The largest absolute Gasteiger partial charge is 0.328 e. The van der Waals surface area contributed by atoms with Gasteiger partial charge in [-0.3, -0.25) is 0 Å². The van der Waals surface area contributed by atoms with Gasteiger partial charge < -0.3 is 5.73 Å². The molecule has 1 unspecified atom stereocenters. The molecular formula is C15H18ClN. The van der Waals surface area contributed by atoms with Crippen LogP contribution in [-0.4, -0.2) is 6.04 Å². The highest BCUT2D eigenvalue weighted by Crippen LogP contribution is 2.19. The van der Waals surface area contributed by atoms with Gasteiger partial charge in [0.2, 0.25) is 0 Å². The van der Waals surface area contributed by atoms with Crippen LogP contribution in [0.5, 0.6) is 0 Å². The topological polar surface area (TPSA) is 26.0 Å². The van der Waals surface area contributed by atoms with Crippen LogP contribution in [0.4, 0.5) is 0 Å². The Morgan fingerprint density at radius 2 is 1.41 bits per heavy atom. The van der Waals surface area contributed by atoms with Crippen molar-refractivity contribution in [3.05, 3.63) is 60.2 Å². The zero-order chi connectivity index (χ0) is 11.4. The number of hydrogen-bond donors (Lipinski definition) is 1. The van der Waals surface area contributed by atoms with Crippen LogP contribution in [-0.2, 0) is 6.42 Å². The minimum absolute atomic E-state index is 0. The van der Waals surface area contributed by atoms with Gasteiger partial charge >= 0.3 is 0 Å². The van der Waals surface area contributed by atoms with E-state index in [0.29, 0.717) is 0 Å². The molecule has 2 heteroatoms. The second kappa shape index (κ2) is 6.43. The summed E-state index contributed by atoms with van der Waals surface area (Å²) in [7, 11) is 0. The molecule has 1 atom stereocenters. The Labute approximate surface area is 109 Å². The van der Waals surface area contributed by atoms with Crippen LogP contribution >= 0.6 is 12.4 Å². The van der Waals surface area contributed by atoms with Crippen LogP contribution < -0.4 is 5.73 Å². The van der Waals surface area contributed by atoms with Crippen molar-refractivity contribution in [2.24, 2.45) is 5.73 Å². The first kappa shape index (κ1) is 13.8. The molecule has 0 aromatic heterocycles. The highest BCUT2D eigenvalue weighted by atomic mass is 35.5. The van der Waals surface area contributed by atoms with Crippen molar-refractivity contribution in [3.63, 3.8) is 0 Å². The molecule has 17 heavy (non-hydrogen) atoms. The first-order chi connectivity index (χ1) is 7.75. The number of benzene rings is 2. The molecule has 0 aliphatic carbocycles. The van der Waals surface area contributed by atoms with Crippen molar-refractivity contribution in [1.82, 2.24) is 0 Å². The zero-order valence-corrected chi connectivity index (χ0v) is 10.8. The Morgan fingerprint density at radius 3 is 1.94 bits per heavy atom. The van der Waals surface area contributed by atoms with Crippen molar-refractivity contribution in [3.8, 4) is 11.1 Å². The van der Waals surface area contributed by atoms with E-state index in [2.05, 4.69) is 48.5 Å². The van der Waals surface area contributed by atoms with Crippen LogP contribution in [0.15, 0.2) is 54.6 Å². The molecule has 1 nitrogen and oxygen atoms in total. The molecule has 90 valence electrons. The number of rotatable bonds is 3. The summed E-state index contributed by atoms with van der Waals surface area (Å²) in [4.78, 5) is 0. The Hall–Kier alpha value is -1.31. The Morgan fingerprint density at radius 1 is 0.882 bits per heavy atom. The van der Waals surface area contributed by atoms with E-state index in [1.807, 2.05) is 13.0 Å². The fourth-order valence-electron chi connectivity index (χ4n) is 1.84. The fourth-order valence-corrected chi connectivity index (χ4v) is 1.84. The summed E-state index contributed by atoms with van der Waals surface area (Å²) in [6, 6.07) is 19.3. The molecule has 0 radical (unpaired) electrons. The third-order valence-electron chi connectivity index (χ3n) is 2.62. The smallest absolute Gasteiger partial charge is 0.00509 e. The van der Waals surface area contributed by atoms with E-state index >= 15 is 0 Å². The molecule has 0 amide bonds. The van der Waals surface area contributed by atoms with E-state index in [1.54, 1.807) is 0 Å². The van der Waals surface area contributed by atoms with E-state index in [1.165, 1.54) is 16.7 Å². The highest BCUT2D eigenvalue weighted by Gasteiger charge is 1.99. The Balaban J connectivity index is 0.00000144. The number of nitrogens with two attached hydrogens (primary N) is 1. The van der Waals surface area contributed by atoms with Gasteiger partial charge in [-0.05, 0) is 30.0 Å². The summed E-state index contributed by atoms with van der Waals surface area (Å²) in [6.07, 6.45) is 0.940. The Bertz CT molecular complexity index is 434. The van der Waals surface area contributed by atoms with E-state index < -0.39 is 0 Å². The average Bonchev–Trinajstić information content (AvgIpc) is 2.30. The van der Waals surface area contributed by atoms with E-state index in [9.17, 15) is 0 Å². The molecular weight excluding hydrogens is 230 g/mol. The first-order valence-electron chi connectivity index (χ1n) is 5.65. The molecule has 2 N–H and O–H groups in total. The number of halogens is 1. The second-order valence-corrected chi connectivity index (χ2v) is 4.24. The SMILES string of the molecule is CC(N)Cc1ccc(-c2ccccc2)cc1.Cl. The monoisotopic (exact) mass is 247 g/mol. The predicted octanol–water partition coefficient (Wildman–Crippen LogP) is 3.67. The maximum atomic E-state index is 5.77. The highest BCUT2D eigenvalue weighted by molar-refractivity contribution is 5.85. The van der Waals surface area contributed by atoms with E-state index in [-0.39, 0.29) is 18.4 Å². The van der Waals surface area contributed by atoms with Gasteiger partial charge in [-0.1, -0.05) is 54.6 Å². The average molecular weight is 248 g/mol. The maximum absolute atomic E-state index is 5.77. The second-order valence-electron chi connectivity index (χ2n) is 4.24. The maximum Gasteiger partial charge on any atom is 0.00509 e. The standard InChI is InChI=1S/C15H17N.ClH/c1-12(16)11-13-7-9-15(10-8-13)14-5-3-2-4-6-14;/h2-10,12H,11,16H2,1H3;1H.